The summed E-state index contributed by atoms with van der Waals surface area (Å²) < 4.78 is 5.29. The van der Waals surface area contributed by atoms with E-state index < -0.39 is 11.4 Å². The second kappa shape index (κ2) is 5.15. The monoisotopic (exact) mass is 227 g/mol. The molecule has 16 heavy (non-hydrogen) atoms. The maximum atomic E-state index is 11.5. The summed E-state index contributed by atoms with van der Waals surface area (Å²) >= 11 is 0. The van der Waals surface area contributed by atoms with E-state index in [0.29, 0.717) is 6.54 Å². The topological polar surface area (TPSA) is 49.8 Å². The molecule has 0 bridgehead atoms. The number of aliphatic carboxylic acids is 1. The summed E-state index contributed by atoms with van der Waals surface area (Å²) in [5, 5.41) is 9.46. The number of hydrogen-bond donors (Lipinski definition) is 1. The van der Waals surface area contributed by atoms with Gasteiger partial charge in [0.1, 0.15) is 0 Å². The quantitative estimate of drug-likeness (QED) is 0.790. The van der Waals surface area contributed by atoms with Gasteiger partial charge in [0, 0.05) is 19.6 Å². The van der Waals surface area contributed by atoms with Gasteiger partial charge in [-0.05, 0) is 12.8 Å². The van der Waals surface area contributed by atoms with E-state index in [1.54, 1.807) is 0 Å². The Bertz CT molecular complexity index is 243. The first-order valence-electron chi connectivity index (χ1n) is 6.26. The van der Waals surface area contributed by atoms with Gasteiger partial charge in [-0.3, -0.25) is 9.69 Å². The van der Waals surface area contributed by atoms with Crippen molar-refractivity contribution in [2.45, 2.75) is 32.1 Å². The molecule has 0 unspecified atom stereocenters. The lowest BCUT2D eigenvalue weighted by atomic mass is 9.73. The summed E-state index contributed by atoms with van der Waals surface area (Å²) in [5.41, 5.74) is -0.477. The Morgan fingerprint density at radius 3 is 2.38 bits per heavy atom. The third-order valence-electron chi connectivity index (χ3n) is 3.89. The molecule has 0 aromatic carbocycles. The van der Waals surface area contributed by atoms with Crippen LogP contribution >= 0.6 is 0 Å². The average Bonchev–Trinajstić information content (AvgIpc) is 2.31. The van der Waals surface area contributed by atoms with Crippen LogP contribution < -0.4 is 0 Å². The predicted octanol–water partition coefficient (Wildman–Crippen LogP) is 1.35. The van der Waals surface area contributed by atoms with E-state index in [1.165, 1.54) is 6.42 Å². The molecule has 92 valence electrons. The van der Waals surface area contributed by atoms with Gasteiger partial charge in [0.05, 0.1) is 18.6 Å². The molecule has 1 aliphatic heterocycles. The summed E-state index contributed by atoms with van der Waals surface area (Å²) in [7, 11) is 0. The highest BCUT2D eigenvalue weighted by molar-refractivity contribution is 5.75. The van der Waals surface area contributed by atoms with Gasteiger partial charge in [-0.15, -0.1) is 0 Å². The van der Waals surface area contributed by atoms with Crippen LogP contribution in [0.15, 0.2) is 0 Å². The van der Waals surface area contributed by atoms with E-state index >= 15 is 0 Å². The standard InChI is InChI=1S/C12H21NO3/c14-11(15)12(4-2-1-3-5-12)10-13-6-8-16-9-7-13/h1-10H2,(H,14,15). The molecule has 1 aliphatic carbocycles. The first-order chi connectivity index (χ1) is 7.73. The van der Waals surface area contributed by atoms with Crippen LogP contribution in [0.5, 0.6) is 0 Å². The summed E-state index contributed by atoms with van der Waals surface area (Å²) in [6, 6.07) is 0. The lowest BCUT2D eigenvalue weighted by Gasteiger charge is -2.39. The van der Waals surface area contributed by atoms with Crippen LogP contribution in [0.2, 0.25) is 0 Å². The summed E-state index contributed by atoms with van der Waals surface area (Å²) in [6.45, 7) is 3.97. The van der Waals surface area contributed by atoms with Crippen molar-refractivity contribution in [3.63, 3.8) is 0 Å². The largest absolute Gasteiger partial charge is 0.481 e. The fraction of sp³-hybridized carbons (Fsp3) is 0.917. The van der Waals surface area contributed by atoms with E-state index in [-0.39, 0.29) is 0 Å². The lowest BCUT2D eigenvalue weighted by Crippen LogP contribution is -2.48. The zero-order valence-corrected chi connectivity index (χ0v) is 9.78. The molecular formula is C12H21NO3. The third kappa shape index (κ3) is 2.55. The van der Waals surface area contributed by atoms with Gasteiger partial charge >= 0.3 is 5.97 Å². The number of morpholine rings is 1. The fourth-order valence-corrected chi connectivity index (χ4v) is 2.86. The molecule has 4 heteroatoms. The Balaban J connectivity index is 1.98. The van der Waals surface area contributed by atoms with Gasteiger partial charge in [-0.1, -0.05) is 19.3 Å². The molecule has 2 aliphatic rings. The molecule has 4 nitrogen and oxygen atoms in total. The molecular weight excluding hydrogens is 206 g/mol. The Kier molecular flexibility index (Phi) is 3.82. The zero-order valence-electron chi connectivity index (χ0n) is 9.78. The molecule has 1 saturated heterocycles. The smallest absolute Gasteiger partial charge is 0.310 e. The molecule has 1 N–H and O–H groups in total. The van der Waals surface area contributed by atoms with Crippen LogP contribution in [0.1, 0.15) is 32.1 Å². The van der Waals surface area contributed by atoms with Gasteiger partial charge in [0.15, 0.2) is 0 Å². The molecule has 0 amide bonds. The number of rotatable bonds is 3. The number of nitrogens with zero attached hydrogens (tertiary/aromatic N) is 1. The van der Waals surface area contributed by atoms with E-state index in [2.05, 4.69) is 4.90 Å². The highest BCUT2D eigenvalue weighted by Gasteiger charge is 2.41. The second-order valence-electron chi connectivity index (χ2n) is 5.03. The zero-order chi connectivity index (χ0) is 11.4. The Morgan fingerprint density at radius 2 is 1.81 bits per heavy atom. The predicted molar refractivity (Wildman–Crippen MR) is 60.4 cm³/mol. The van der Waals surface area contributed by atoms with Crippen LogP contribution in [-0.2, 0) is 9.53 Å². The average molecular weight is 227 g/mol. The van der Waals surface area contributed by atoms with Crippen molar-refractivity contribution < 1.29 is 14.6 Å². The maximum absolute atomic E-state index is 11.5. The molecule has 0 aromatic rings. The van der Waals surface area contributed by atoms with Crippen LogP contribution in [0.3, 0.4) is 0 Å². The summed E-state index contributed by atoms with van der Waals surface area (Å²) in [6.07, 6.45) is 5.02. The van der Waals surface area contributed by atoms with Crippen molar-refractivity contribution in [1.29, 1.82) is 0 Å². The van der Waals surface area contributed by atoms with Crippen molar-refractivity contribution in [2.75, 3.05) is 32.8 Å². The Morgan fingerprint density at radius 1 is 1.19 bits per heavy atom. The maximum Gasteiger partial charge on any atom is 0.310 e. The molecule has 0 atom stereocenters. The molecule has 0 radical (unpaired) electrons. The number of ether oxygens (including phenoxy) is 1. The molecule has 2 fully saturated rings. The Labute approximate surface area is 96.6 Å². The van der Waals surface area contributed by atoms with Crippen LogP contribution in [-0.4, -0.2) is 48.8 Å². The highest BCUT2D eigenvalue weighted by atomic mass is 16.5. The third-order valence-corrected chi connectivity index (χ3v) is 3.89. The highest BCUT2D eigenvalue weighted by Crippen LogP contribution is 2.37. The Hall–Kier alpha value is -0.610. The number of hydrogen-bond acceptors (Lipinski definition) is 3. The number of carboxylic acid groups (broad SMARTS) is 1. The molecule has 2 rings (SSSR count). The van der Waals surface area contributed by atoms with Gasteiger partial charge in [0.2, 0.25) is 0 Å². The number of carbonyl (C=O) groups is 1. The fourth-order valence-electron chi connectivity index (χ4n) is 2.86. The van der Waals surface area contributed by atoms with Crippen molar-refractivity contribution in [2.24, 2.45) is 5.41 Å². The van der Waals surface area contributed by atoms with E-state index in [0.717, 1.165) is 52.0 Å². The SMILES string of the molecule is O=C(O)C1(CN2CCOCC2)CCCCC1. The minimum Gasteiger partial charge on any atom is -0.481 e. The van der Waals surface area contributed by atoms with Crippen LogP contribution in [0.25, 0.3) is 0 Å². The van der Waals surface area contributed by atoms with Gasteiger partial charge in [-0.25, -0.2) is 0 Å². The van der Waals surface area contributed by atoms with Crippen LogP contribution in [0, 0.1) is 5.41 Å². The molecule has 0 aromatic heterocycles. The lowest BCUT2D eigenvalue weighted by molar-refractivity contribution is -0.153. The van der Waals surface area contributed by atoms with Gasteiger partial charge < -0.3 is 9.84 Å². The van der Waals surface area contributed by atoms with Crippen molar-refractivity contribution in [3.05, 3.63) is 0 Å². The van der Waals surface area contributed by atoms with E-state index in [1.807, 2.05) is 0 Å². The first-order valence-corrected chi connectivity index (χ1v) is 6.26. The van der Waals surface area contributed by atoms with Crippen LogP contribution in [0.4, 0.5) is 0 Å². The molecule has 1 saturated carbocycles. The molecule has 1 heterocycles. The van der Waals surface area contributed by atoms with Gasteiger partial charge in [0.25, 0.3) is 0 Å². The second-order valence-corrected chi connectivity index (χ2v) is 5.03. The van der Waals surface area contributed by atoms with Crippen molar-refractivity contribution in [1.82, 2.24) is 4.90 Å². The van der Waals surface area contributed by atoms with E-state index in [9.17, 15) is 9.90 Å². The number of carboxylic acids is 1. The summed E-state index contributed by atoms with van der Waals surface area (Å²) in [5.74, 6) is -0.598. The minimum atomic E-state index is -0.598. The van der Waals surface area contributed by atoms with E-state index in [4.69, 9.17) is 4.74 Å². The normalized spacial score (nSPS) is 26.5. The molecule has 0 spiro atoms. The van der Waals surface area contributed by atoms with Crippen molar-refractivity contribution in [3.8, 4) is 0 Å². The van der Waals surface area contributed by atoms with Crippen molar-refractivity contribution >= 4 is 5.97 Å². The van der Waals surface area contributed by atoms with Gasteiger partial charge in [-0.2, -0.15) is 0 Å². The first kappa shape index (κ1) is 11.9. The minimum absolute atomic E-state index is 0.477. The summed E-state index contributed by atoms with van der Waals surface area (Å²) in [4.78, 5) is 13.7.